The van der Waals surface area contributed by atoms with Crippen molar-refractivity contribution < 1.29 is 14.3 Å². The third kappa shape index (κ3) is 5.71. The lowest BCUT2D eigenvalue weighted by molar-refractivity contribution is -0.131. The summed E-state index contributed by atoms with van der Waals surface area (Å²) in [6.07, 6.45) is 0.504. The number of ether oxygens (including phenoxy) is 1. The van der Waals surface area contributed by atoms with Crippen LogP contribution in [0.2, 0.25) is 5.02 Å². The Morgan fingerprint density at radius 2 is 1.87 bits per heavy atom. The lowest BCUT2D eigenvalue weighted by atomic mass is 10.1. The van der Waals surface area contributed by atoms with Gasteiger partial charge in [-0.25, -0.2) is 0 Å². The second-order valence-electron chi connectivity index (χ2n) is 7.59. The van der Waals surface area contributed by atoms with E-state index in [1.54, 1.807) is 12.1 Å². The van der Waals surface area contributed by atoms with Crippen LogP contribution in [0, 0.1) is 13.8 Å². The maximum Gasteiger partial charge on any atom is 0.262 e. The first-order valence-electron chi connectivity index (χ1n) is 10.3. The van der Waals surface area contributed by atoms with Crippen molar-refractivity contribution in [1.29, 1.82) is 0 Å². The second kappa shape index (κ2) is 10.4. The number of carbonyl (C=O) groups is 2. The van der Waals surface area contributed by atoms with E-state index in [0.29, 0.717) is 49.1 Å². The van der Waals surface area contributed by atoms with Crippen molar-refractivity contribution in [2.75, 3.05) is 43.0 Å². The van der Waals surface area contributed by atoms with Gasteiger partial charge >= 0.3 is 0 Å². The number of para-hydroxylation sites is 1. The fraction of sp³-hybridized carbons (Fsp3) is 0.391. The number of nitrogens with zero attached hydrogens (tertiary/aromatic N) is 2. The predicted molar refractivity (Wildman–Crippen MR) is 128 cm³/mol. The zero-order chi connectivity index (χ0) is 22.5. The molecule has 1 aliphatic rings. The van der Waals surface area contributed by atoms with Crippen LogP contribution in [0.25, 0.3) is 0 Å². The molecule has 0 aliphatic carbocycles. The van der Waals surface area contributed by atoms with E-state index < -0.39 is 0 Å². The fourth-order valence-corrected chi connectivity index (χ4v) is 4.83. The van der Waals surface area contributed by atoms with Crippen molar-refractivity contribution in [3.8, 4) is 5.75 Å². The predicted octanol–water partition coefficient (Wildman–Crippen LogP) is 4.80. The van der Waals surface area contributed by atoms with Crippen LogP contribution in [0.3, 0.4) is 0 Å². The fourth-order valence-electron chi connectivity index (χ4n) is 3.75. The van der Waals surface area contributed by atoms with Crippen molar-refractivity contribution in [3.05, 3.63) is 51.0 Å². The molecule has 1 saturated heterocycles. The Morgan fingerprint density at radius 1 is 1.16 bits per heavy atom. The number of amides is 2. The average molecular weight is 509 g/mol. The number of benzene rings is 2. The normalized spacial score (nSPS) is 13.8. The molecule has 166 valence electrons. The minimum atomic E-state index is -0.268. The zero-order valence-electron chi connectivity index (χ0n) is 18.0. The largest absolute Gasteiger partial charge is 0.482 e. The van der Waals surface area contributed by atoms with Crippen LogP contribution in [0.1, 0.15) is 24.5 Å². The Balaban J connectivity index is 1.68. The van der Waals surface area contributed by atoms with Crippen LogP contribution in [-0.4, -0.2) is 49.5 Å². The summed E-state index contributed by atoms with van der Waals surface area (Å²) in [5, 5.41) is 3.49. The maximum atomic E-state index is 12.6. The highest BCUT2D eigenvalue weighted by Gasteiger charge is 2.24. The number of nitrogens with one attached hydrogen (secondary N) is 1. The SMILES string of the molecule is CCC(=O)N1CCN(c2c(Cl)cccc2NC(=O)COc2c(C)cc(C)cc2Br)CC1. The molecule has 1 aliphatic heterocycles. The molecular formula is C23H27BrClN3O3. The molecule has 3 rings (SSSR count). The molecule has 0 unspecified atom stereocenters. The van der Waals surface area contributed by atoms with E-state index in [0.717, 1.165) is 21.3 Å². The van der Waals surface area contributed by atoms with Crippen LogP contribution in [0.15, 0.2) is 34.8 Å². The number of piperazine rings is 1. The average Bonchev–Trinajstić information content (AvgIpc) is 2.72. The van der Waals surface area contributed by atoms with Gasteiger partial charge in [0.15, 0.2) is 6.61 Å². The first-order valence-corrected chi connectivity index (χ1v) is 11.5. The molecule has 0 radical (unpaired) electrons. The molecule has 0 aromatic heterocycles. The van der Waals surface area contributed by atoms with Gasteiger partial charge in [-0.2, -0.15) is 0 Å². The third-order valence-corrected chi connectivity index (χ3v) is 6.13. The molecule has 1 heterocycles. The third-order valence-electron chi connectivity index (χ3n) is 5.23. The van der Waals surface area contributed by atoms with Crippen LogP contribution in [0.4, 0.5) is 11.4 Å². The van der Waals surface area contributed by atoms with Gasteiger partial charge in [0, 0.05) is 32.6 Å². The molecule has 2 aromatic rings. The summed E-state index contributed by atoms with van der Waals surface area (Å²) in [4.78, 5) is 28.6. The van der Waals surface area contributed by atoms with Gasteiger partial charge in [-0.05, 0) is 59.1 Å². The lowest BCUT2D eigenvalue weighted by Gasteiger charge is -2.37. The van der Waals surface area contributed by atoms with Gasteiger partial charge in [0.05, 0.1) is 20.9 Å². The first-order chi connectivity index (χ1) is 14.8. The van der Waals surface area contributed by atoms with Gasteiger partial charge in [-0.3, -0.25) is 9.59 Å². The zero-order valence-corrected chi connectivity index (χ0v) is 20.3. The quantitative estimate of drug-likeness (QED) is 0.609. The molecule has 0 bridgehead atoms. The van der Waals surface area contributed by atoms with Crippen LogP contribution in [-0.2, 0) is 9.59 Å². The molecule has 0 saturated carbocycles. The van der Waals surface area contributed by atoms with E-state index in [-0.39, 0.29) is 18.4 Å². The van der Waals surface area contributed by atoms with Gasteiger partial charge in [0.1, 0.15) is 5.75 Å². The van der Waals surface area contributed by atoms with Crippen molar-refractivity contribution in [1.82, 2.24) is 4.90 Å². The van der Waals surface area contributed by atoms with Gasteiger partial charge in [0.2, 0.25) is 5.91 Å². The Labute approximate surface area is 196 Å². The number of halogens is 2. The molecule has 6 nitrogen and oxygen atoms in total. The van der Waals surface area contributed by atoms with Crippen LogP contribution < -0.4 is 15.0 Å². The van der Waals surface area contributed by atoms with E-state index in [2.05, 4.69) is 26.1 Å². The molecule has 0 spiro atoms. The summed E-state index contributed by atoms with van der Waals surface area (Å²) in [5.41, 5.74) is 3.48. The minimum Gasteiger partial charge on any atom is -0.482 e. The minimum absolute atomic E-state index is 0.118. The Kier molecular flexibility index (Phi) is 7.84. The van der Waals surface area contributed by atoms with E-state index in [1.807, 2.05) is 43.9 Å². The highest BCUT2D eigenvalue weighted by molar-refractivity contribution is 9.10. The van der Waals surface area contributed by atoms with Crippen LogP contribution >= 0.6 is 27.5 Å². The first kappa shape index (κ1) is 23.4. The summed E-state index contributed by atoms with van der Waals surface area (Å²) in [6.45, 7) is 8.29. The van der Waals surface area contributed by atoms with Crippen molar-refractivity contribution in [2.24, 2.45) is 0 Å². The second-order valence-corrected chi connectivity index (χ2v) is 8.85. The molecule has 1 fully saturated rings. The van der Waals surface area contributed by atoms with Gasteiger partial charge in [-0.15, -0.1) is 0 Å². The summed E-state index contributed by atoms with van der Waals surface area (Å²) in [5.74, 6) is 0.543. The number of anilines is 2. The van der Waals surface area contributed by atoms with Crippen molar-refractivity contribution in [2.45, 2.75) is 27.2 Å². The molecule has 2 aromatic carbocycles. The number of carbonyl (C=O) groups excluding carboxylic acids is 2. The van der Waals surface area contributed by atoms with Crippen molar-refractivity contribution >= 4 is 50.7 Å². The maximum absolute atomic E-state index is 12.6. The van der Waals surface area contributed by atoms with Crippen molar-refractivity contribution in [3.63, 3.8) is 0 Å². The lowest BCUT2D eigenvalue weighted by Crippen LogP contribution is -2.48. The van der Waals surface area contributed by atoms with Gasteiger partial charge < -0.3 is 19.9 Å². The Morgan fingerprint density at radius 3 is 2.52 bits per heavy atom. The topological polar surface area (TPSA) is 61.9 Å². The molecule has 8 heteroatoms. The summed E-state index contributed by atoms with van der Waals surface area (Å²) < 4.78 is 6.60. The van der Waals surface area contributed by atoms with Gasteiger partial charge in [-0.1, -0.05) is 30.7 Å². The highest BCUT2D eigenvalue weighted by Crippen LogP contribution is 2.35. The van der Waals surface area contributed by atoms with E-state index >= 15 is 0 Å². The number of rotatable bonds is 6. The molecule has 1 N–H and O–H groups in total. The monoisotopic (exact) mass is 507 g/mol. The Hall–Kier alpha value is -2.25. The number of hydrogen-bond donors (Lipinski definition) is 1. The molecule has 2 amide bonds. The van der Waals surface area contributed by atoms with E-state index in [1.165, 1.54) is 0 Å². The van der Waals surface area contributed by atoms with E-state index in [9.17, 15) is 9.59 Å². The molecule has 0 atom stereocenters. The van der Waals surface area contributed by atoms with Crippen LogP contribution in [0.5, 0.6) is 5.75 Å². The standard InChI is InChI=1S/C23H27BrClN3O3/c1-4-21(30)27-8-10-28(11-9-27)22-18(25)6-5-7-19(22)26-20(29)14-31-23-16(3)12-15(2)13-17(23)24/h5-7,12-13H,4,8-11,14H2,1-3H3,(H,26,29). The van der Waals surface area contributed by atoms with Gasteiger partial charge in [0.25, 0.3) is 5.91 Å². The summed E-state index contributed by atoms with van der Waals surface area (Å²) in [7, 11) is 0. The van der Waals surface area contributed by atoms with E-state index in [4.69, 9.17) is 16.3 Å². The number of aryl methyl sites for hydroxylation is 2. The molecular weight excluding hydrogens is 482 g/mol. The Bertz CT molecular complexity index is 952. The summed E-state index contributed by atoms with van der Waals surface area (Å²) in [6, 6.07) is 9.41. The smallest absolute Gasteiger partial charge is 0.262 e. The number of hydrogen-bond acceptors (Lipinski definition) is 4. The molecule has 31 heavy (non-hydrogen) atoms. The summed E-state index contributed by atoms with van der Waals surface area (Å²) >= 11 is 9.99. The highest BCUT2D eigenvalue weighted by atomic mass is 79.9.